The summed E-state index contributed by atoms with van der Waals surface area (Å²) >= 11 is 0. The largest absolute Gasteiger partial charge is 0.473 e. The van der Waals surface area contributed by atoms with Crippen molar-refractivity contribution >= 4 is 6.41 Å². The molecule has 1 heterocycles. The molecule has 0 bridgehead atoms. The molecule has 0 aliphatic carbocycles. The van der Waals surface area contributed by atoms with Crippen molar-refractivity contribution in [2.24, 2.45) is 0 Å². The van der Waals surface area contributed by atoms with Crippen molar-refractivity contribution in [3.05, 3.63) is 35.9 Å². The van der Waals surface area contributed by atoms with Crippen LogP contribution in [0.3, 0.4) is 0 Å². The summed E-state index contributed by atoms with van der Waals surface area (Å²) in [6.45, 7) is 8.32. The number of amides is 1. The number of hydrogen-bond acceptors (Lipinski definition) is 5. The number of hydrogen-bond donors (Lipinski definition) is 0. The van der Waals surface area contributed by atoms with Crippen LogP contribution >= 0.6 is 0 Å². The summed E-state index contributed by atoms with van der Waals surface area (Å²) in [5, 5.41) is 5.30. The van der Waals surface area contributed by atoms with Crippen LogP contribution in [0.25, 0.3) is 11.3 Å². The Bertz CT molecular complexity index is 662. The monoisotopic (exact) mass is 346 g/mol. The summed E-state index contributed by atoms with van der Waals surface area (Å²) in [7, 11) is 0. The van der Waals surface area contributed by atoms with Crippen LogP contribution in [-0.4, -0.2) is 35.4 Å². The summed E-state index contributed by atoms with van der Waals surface area (Å²) in [5.41, 5.74) is 1.48. The van der Waals surface area contributed by atoms with Gasteiger partial charge in [-0.1, -0.05) is 43.7 Å². The maximum Gasteiger partial charge on any atom is 0.258 e. The summed E-state index contributed by atoms with van der Waals surface area (Å²) in [5.74, 6) is 1.21. The lowest BCUT2D eigenvalue weighted by atomic mass is 10.1. The van der Waals surface area contributed by atoms with Gasteiger partial charge in [0.05, 0.1) is 17.7 Å². The van der Waals surface area contributed by atoms with Crippen molar-refractivity contribution in [1.82, 2.24) is 10.2 Å². The standard InChI is InChI=1S/C19H26N2O4/c1-5-9-16-17(15-10-7-6-8-11-15)24-20-18(16)23-13-12-21(14-22)25-19(2,3)4/h6-8,10-11,14H,5,9,12-13H2,1-4H3. The molecule has 6 nitrogen and oxygen atoms in total. The average molecular weight is 346 g/mol. The third-order valence-corrected chi connectivity index (χ3v) is 3.35. The van der Waals surface area contributed by atoms with Gasteiger partial charge in [-0.05, 0) is 32.3 Å². The van der Waals surface area contributed by atoms with Crippen LogP contribution in [0, 0.1) is 0 Å². The second-order valence-electron chi connectivity index (χ2n) is 6.71. The van der Waals surface area contributed by atoms with Crippen LogP contribution in [0.1, 0.15) is 39.7 Å². The second kappa shape index (κ2) is 8.67. The third-order valence-electron chi connectivity index (χ3n) is 3.35. The highest BCUT2D eigenvalue weighted by molar-refractivity contribution is 5.63. The zero-order valence-electron chi connectivity index (χ0n) is 15.3. The molecule has 1 amide bonds. The molecule has 0 saturated carbocycles. The van der Waals surface area contributed by atoms with Gasteiger partial charge < -0.3 is 9.26 Å². The number of nitrogens with zero attached hydrogens (tertiary/aromatic N) is 2. The molecule has 0 N–H and O–H groups in total. The minimum absolute atomic E-state index is 0.270. The number of aromatic nitrogens is 1. The fourth-order valence-corrected chi connectivity index (χ4v) is 2.40. The lowest BCUT2D eigenvalue weighted by Gasteiger charge is -2.26. The minimum Gasteiger partial charge on any atom is -0.473 e. The molecule has 0 radical (unpaired) electrons. The molecule has 1 aromatic carbocycles. The van der Waals surface area contributed by atoms with Gasteiger partial charge in [-0.2, -0.15) is 0 Å². The van der Waals surface area contributed by atoms with E-state index in [0.717, 1.165) is 29.7 Å². The molecule has 0 unspecified atom stereocenters. The van der Waals surface area contributed by atoms with E-state index in [1.165, 1.54) is 5.06 Å². The van der Waals surface area contributed by atoms with E-state index in [-0.39, 0.29) is 6.61 Å². The number of carbonyl (C=O) groups excluding carboxylic acids is 1. The van der Waals surface area contributed by atoms with Crippen molar-refractivity contribution in [3.8, 4) is 17.2 Å². The quantitative estimate of drug-likeness (QED) is 0.509. The van der Waals surface area contributed by atoms with Crippen LogP contribution in [0.2, 0.25) is 0 Å². The molecule has 2 rings (SSSR count). The zero-order chi connectivity index (χ0) is 18.3. The first kappa shape index (κ1) is 19.0. The SMILES string of the molecule is CCCc1c(OCCN(C=O)OC(C)(C)C)noc1-c1ccccc1. The molecule has 0 saturated heterocycles. The molecular weight excluding hydrogens is 320 g/mol. The smallest absolute Gasteiger partial charge is 0.258 e. The molecule has 0 fully saturated rings. The second-order valence-corrected chi connectivity index (χ2v) is 6.71. The first-order chi connectivity index (χ1) is 11.9. The van der Waals surface area contributed by atoms with Crippen LogP contribution in [0.5, 0.6) is 5.88 Å². The Morgan fingerprint density at radius 3 is 2.56 bits per heavy atom. The summed E-state index contributed by atoms with van der Waals surface area (Å²) in [6.07, 6.45) is 2.41. The first-order valence-electron chi connectivity index (χ1n) is 8.52. The molecule has 2 aromatic rings. The Balaban J connectivity index is 2.05. The van der Waals surface area contributed by atoms with Gasteiger partial charge in [-0.15, -0.1) is 0 Å². The number of rotatable bonds is 9. The lowest BCUT2D eigenvalue weighted by Crippen LogP contribution is -2.35. The third kappa shape index (κ3) is 5.60. The Kier molecular flexibility index (Phi) is 6.58. The molecule has 6 heteroatoms. The molecule has 136 valence electrons. The molecule has 1 aromatic heterocycles. The van der Waals surface area contributed by atoms with E-state index in [0.29, 0.717) is 18.8 Å². The van der Waals surface area contributed by atoms with Crippen LogP contribution < -0.4 is 4.74 Å². The van der Waals surface area contributed by atoms with Gasteiger partial charge in [0, 0.05) is 5.56 Å². The van der Waals surface area contributed by atoms with E-state index in [1.807, 2.05) is 51.1 Å². The van der Waals surface area contributed by atoms with Crippen LogP contribution in [-0.2, 0) is 16.1 Å². The Labute approximate surface area is 148 Å². The predicted molar refractivity (Wildman–Crippen MR) is 95.0 cm³/mol. The fraction of sp³-hybridized carbons (Fsp3) is 0.474. The van der Waals surface area contributed by atoms with E-state index < -0.39 is 5.60 Å². The Morgan fingerprint density at radius 2 is 1.96 bits per heavy atom. The molecule has 0 aliphatic rings. The van der Waals surface area contributed by atoms with E-state index in [2.05, 4.69) is 12.1 Å². The number of ether oxygens (including phenoxy) is 1. The lowest BCUT2D eigenvalue weighted by molar-refractivity contribution is -0.217. The molecule has 0 atom stereocenters. The van der Waals surface area contributed by atoms with Crippen molar-refractivity contribution in [2.45, 2.75) is 46.1 Å². The van der Waals surface area contributed by atoms with Crippen molar-refractivity contribution in [1.29, 1.82) is 0 Å². The Hall–Kier alpha value is -2.34. The van der Waals surface area contributed by atoms with Crippen LogP contribution in [0.15, 0.2) is 34.9 Å². The number of hydroxylamine groups is 2. The van der Waals surface area contributed by atoms with E-state index >= 15 is 0 Å². The minimum atomic E-state index is -0.442. The van der Waals surface area contributed by atoms with Gasteiger partial charge in [0.25, 0.3) is 5.88 Å². The topological polar surface area (TPSA) is 64.8 Å². The van der Waals surface area contributed by atoms with Crippen molar-refractivity contribution in [2.75, 3.05) is 13.2 Å². The van der Waals surface area contributed by atoms with Gasteiger partial charge in [-0.25, -0.2) is 5.06 Å². The zero-order valence-corrected chi connectivity index (χ0v) is 15.3. The molecule has 25 heavy (non-hydrogen) atoms. The van der Waals surface area contributed by atoms with E-state index in [4.69, 9.17) is 14.1 Å². The van der Waals surface area contributed by atoms with Gasteiger partial charge in [-0.3, -0.25) is 9.63 Å². The van der Waals surface area contributed by atoms with Gasteiger partial charge in [0.2, 0.25) is 6.41 Å². The average Bonchev–Trinajstić information content (AvgIpc) is 2.97. The first-order valence-corrected chi connectivity index (χ1v) is 8.52. The molecule has 0 aliphatic heterocycles. The molecular formula is C19H26N2O4. The molecule has 0 spiro atoms. The maximum atomic E-state index is 11.1. The van der Waals surface area contributed by atoms with E-state index in [9.17, 15) is 4.79 Å². The fourth-order valence-electron chi connectivity index (χ4n) is 2.40. The number of benzene rings is 1. The van der Waals surface area contributed by atoms with Gasteiger partial charge in [0.15, 0.2) is 5.76 Å². The highest BCUT2D eigenvalue weighted by Crippen LogP contribution is 2.31. The summed E-state index contributed by atoms with van der Waals surface area (Å²) in [4.78, 5) is 16.6. The van der Waals surface area contributed by atoms with Crippen molar-refractivity contribution in [3.63, 3.8) is 0 Å². The summed E-state index contributed by atoms with van der Waals surface area (Å²) < 4.78 is 11.3. The van der Waals surface area contributed by atoms with Gasteiger partial charge in [0.1, 0.15) is 6.61 Å². The van der Waals surface area contributed by atoms with E-state index in [1.54, 1.807) is 0 Å². The van der Waals surface area contributed by atoms with Crippen LogP contribution in [0.4, 0.5) is 0 Å². The van der Waals surface area contributed by atoms with Gasteiger partial charge >= 0.3 is 0 Å². The maximum absolute atomic E-state index is 11.1. The summed E-state index contributed by atoms with van der Waals surface area (Å²) in [6, 6.07) is 9.84. The van der Waals surface area contributed by atoms with Crippen molar-refractivity contribution < 1.29 is 18.9 Å². The highest BCUT2D eigenvalue weighted by atomic mass is 16.7. The predicted octanol–water partition coefficient (Wildman–Crippen LogP) is 3.86. The number of carbonyl (C=O) groups is 1. The highest BCUT2D eigenvalue weighted by Gasteiger charge is 2.19. The normalized spacial score (nSPS) is 11.4. The Morgan fingerprint density at radius 1 is 1.24 bits per heavy atom.